The van der Waals surface area contributed by atoms with Gasteiger partial charge >= 0.3 is 0 Å². The fourth-order valence-corrected chi connectivity index (χ4v) is 1.68. The molecule has 0 heterocycles. The Bertz CT molecular complexity index is 340. The third kappa shape index (κ3) is 6.00. The standard InChI is InChI=1S/C15H23NO/c1-12(2)11-14-6-8-15(9-7-14)17-10-4-5-13(3)16/h6-9,12H,3-5,10-11,16H2,1-2H3. The molecule has 17 heavy (non-hydrogen) atoms. The van der Waals surface area contributed by atoms with Crippen molar-refractivity contribution in [3.05, 3.63) is 42.1 Å². The van der Waals surface area contributed by atoms with Gasteiger partial charge < -0.3 is 10.5 Å². The zero-order valence-corrected chi connectivity index (χ0v) is 10.9. The number of allylic oxidation sites excluding steroid dienone is 1. The second-order valence-corrected chi connectivity index (χ2v) is 4.85. The summed E-state index contributed by atoms with van der Waals surface area (Å²) < 4.78 is 5.62. The van der Waals surface area contributed by atoms with Crippen molar-refractivity contribution in [1.82, 2.24) is 0 Å². The average Bonchev–Trinajstić information content (AvgIpc) is 2.25. The van der Waals surface area contributed by atoms with Gasteiger partial charge in [-0.15, -0.1) is 0 Å². The maximum Gasteiger partial charge on any atom is 0.119 e. The van der Waals surface area contributed by atoms with Crippen molar-refractivity contribution < 1.29 is 4.74 Å². The zero-order chi connectivity index (χ0) is 12.7. The molecule has 2 N–H and O–H groups in total. The predicted octanol–water partition coefficient (Wildman–Crippen LogP) is 3.52. The molecular weight excluding hydrogens is 210 g/mol. The van der Waals surface area contributed by atoms with Gasteiger partial charge in [0.15, 0.2) is 0 Å². The highest BCUT2D eigenvalue weighted by atomic mass is 16.5. The van der Waals surface area contributed by atoms with Crippen molar-refractivity contribution in [2.75, 3.05) is 6.61 Å². The average molecular weight is 233 g/mol. The zero-order valence-electron chi connectivity index (χ0n) is 10.9. The second-order valence-electron chi connectivity index (χ2n) is 4.85. The van der Waals surface area contributed by atoms with Gasteiger partial charge in [0.25, 0.3) is 0 Å². The molecule has 0 amide bonds. The van der Waals surface area contributed by atoms with Gasteiger partial charge in [0.05, 0.1) is 6.61 Å². The second kappa shape index (κ2) is 7.00. The first-order valence-corrected chi connectivity index (χ1v) is 6.23. The Morgan fingerprint density at radius 1 is 1.29 bits per heavy atom. The smallest absolute Gasteiger partial charge is 0.119 e. The van der Waals surface area contributed by atoms with Crippen LogP contribution in [-0.4, -0.2) is 6.61 Å². The maximum atomic E-state index is 5.62. The van der Waals surface area contributed by atoms with E-state index in [1.807, 2.05) is 12.1 Å². The summed E-state index contributed by atoms with van der Waals surface area (Å²) in [5.74, 6) is 1.62. The van der Waals surface area contributed by atoms with E-state index < -0.39 is 0 Å². The van der Waals surface area contributed by atoms with Gasteiger partial charge in [-0.2, -0.15) is 0 Å². The van der Waals surface area contributed by atoms with Gasteiger partial charge in [-0.1, -0.05) is 32.6 Å². The summed E-state index contributed by atoms with van der Waals surface area (Å²) in [7, 11) is 0. The van der Waals surface area contributed by atoms with Crippen molar-refractivity contribution in [3.8, 4) is 5.75 Å². The predicted molar refractivity (Wildman–Crippen MR) is 73.0 cm³/mol. The first kappa shape index (κ1) is 13.6. The molecule has 94 valence electrons. The number of nitrogens with two attached hydrogens (primary N) is 1. The van der Waals surface area contributed by atoms with Crippen molar-refractivity contribution >= 4 is 0 Å². The summed E-state index contributed by atoms with van der Waals surface area (Å²) in [5.41, 5.74) is 7.57. The van der Waals surface area contributed by atoms with E-state index in [-0.39, 0.29) is 0 Å². The minimum absolute atomic E-state index is 0.692. The molecule has 0 spiro atoms. The summed E-state index contributed by atoms with van der Waals surface area (Å²) >= 11 is 0. The molecule has 2 heteroatoms. The van der Waals surface area contributed by atoms with Gasteiger partial charge in [0.1, 0.15) is 5.75 Å². The largest absolute Gasteiger partial charge is 0.494 e. The molecule has 0 atom stereocenters. The van der Waals surface area contributed by atoms with Crippen molar-refractivity contribution in [2.45, 2.75) is 33.1 Å². The monoisotopic (exact) mass is 233 g/mol. The summed E-state index contributed by atoms with van der Waals surface area (Å²) in [6.45, 7) is 8.81. The molecule has 0 saturated carbocycles. The number of benzene rings is 1. The number of ether oxygens (including phenoxy) is 1. The molecule has 0 aliphatic carbocycles. The minimum atomic E-state index is 0.692. The first-order valence-electron chi connectivity index (χ1n) is 6.23. The lowest BCUT2D eigenvalue weighted by atomic mass is 10.0. The fraction of sp³-hybridized carbons (Fsp3) is 0.467. The van der Waals surface area contributed by atoms with Crippen LogP contribution in [0.1, 0.15) is 32.3 Å². The lowest BCUT2D eigenvalue weighted by Crippen LogP contribution is -2.01. The number of rotatable bonds is 7. The SMILES string of the molecule is C=C(N)CCCOc1ccc(CC(C)C)cc1. The van der Waals surface area contributed by atoms with Crippen LogP contribution >= 0.6 is 0 Å². The Labute approximate surface area is 104 Å². The van der Waals surface area contributed by atoms with Gasteiger partial charge in [-0.25, -0.2) is 0 Å². The first-order chi connectivity index (χ1) is 8.08. The molecule has 0 unspecified atom stereocenters. The van der Waals surface area contributed by atoms with E-state index in [1.165, 1.54) is 5.56 Å². The molecule has 0 bridgehead atoms. The van der Waals surface area contributed by atoms with Crippen LogP contribution in [0.15, 0.2) is 36.5 Å². The van der Waals surface area contributed by atoms with E-state index >= 15 is 0 Å². The highest BCUT2D eigenvalue weighted by Gasteiger charge is 1.99. The van der Waals surface area contributed by atoms with E-state index in [0.29, 0.717) is 12.5 Å². The highest BCUT2D eigenvalue weighted by Crippen LogP contribution is 2.15. The Balaban J connectivity index is 2.32. The van der Waals surface area contributed by atoms with E-state index in [1.54, 1.807) is 0 Å². The maximum absolute atomic E-state index is 5.62. The molecule has 0 aromatic heterocycles. The molecule has 0 aliphatic heterocycles. The van der Waals surface area contributed by atoms with E-state index in [9.17, 15) is 0 Å². The Hall–Kier alpha value is -1.44. The fourth-order valence-electron chi connectivity index (χ4n) is 1.68. The summed E-state index contributed by atoms with van der Waals surface area (Å²) in [6, 6.07) is 8.35. The quantitative estimate of drug-likeness (QED) is 0.731. The van der Waals surface area contributed by atoms with Crippen LogP contribution in [0.4, 0.5) is 0 Å². The van der Waals surface area contributed by atoms with Crippen LogP contribution in [0.25, 0.3) is 0 Å². The van der Waals surface area contributed by atoms with Crippen LogP contribution in [0.3, 0.4) is 0 Å². The molecule has 0 radical (unpaired) electrons. The molecule has 1 rings (SSSR count). The highest BCUT2D eigenvalue weighted by molar-refractivity contribution is 5.27. The van der Waals surface area contributed by atoms with Gasteiger partial charge in [-0.3, -0.25) is 0 Å². The molecule has 2 nitrogen and oxygen atoms in total. The normalized spacial score (nSPS) is 10.5. The van der Waals surface area contributed by atoms with Crippen molar-refractivity contribution in [2.24, 2.45) is 11.7 Å². The molecule has 1 aromatic rings. The third-order valence-corrected chi connectivity index (χ3v) is 2.48. The van der Waals surface area contributed by atoms with E-state index in [2.05, 4.69) is 32.6 Å². The topological polar surface area (TPSA) is 35.2 Å². The molecule has 0 aliphatic rings. The number of hydrogen-bond acceptors (Lipinski definition) is 2. The van der Waals surface area contributed by atoms with E-state index in [4.69, 9.17) is 10.5 Å². The lowest BCUT2D eigenvalue weighted by Gasteiger charge is -2.08. The van der Waals surface area contributed by atoms with Crippen LogP contribution in [0.2, 0.25) is 0 Å². The van der Waals surface area contributed by atoms with Gasteiger partial charge in [0, 0.05) is 5.70 Å². The van der Waals surface area contributed by atoms with Crippen LogP contribution < -0.4 is 10.5 Å². The van der Waals surface area contributed by atoms with Crippen molar-refractivity contribution in [3.63, 3.8) is 0 Å². The molecule has 1 aromatic carbocycles. The van der Waals surface area contributed by atoms with Crippen LogP contribution in [0.5, 0.6) is 5.75 Å². The molecule has 0 saturated heterocycles. The molecular formula is C15H23NO. The van der Waals surface area contributed by atoms with Crippen molar-refractivity contribution in [1.29, 1.82) is 0 Å². The lowest BCUT2D eigenvalue weighted by molar-refractivity contribution is 0.310. The van der Waals surface area contributed by atoms with Gasteiger partial charge in [0.2, 0.25) is 0 Å². The van der Waals surface area contributed by atoms with Crippen LogP contribution in [0, 0.1) is 5.92 Å². The van der Waals surface area contributed by atoms with E-state index in [0.717, 1.165) is 30.7 Å². The summed E-state index contributed by atoms with van der Waals surface area (Å²) in [6.07, 6.45) is 2.86. The van der Waals surface area contributed by atoms with Crippen LogP contribution in [-0.2, 0) is 6.42 Å². The van der Waals surface area contributed by atoms with Gasteiger partial charge in [-0.05, 0) is 42.9 Å². The summed E-state index contributed by atoms with van der Waals surface area (Å²) in [4.78, 5) is 0. The third-order valence-electron chi connectivity index (χ3n) is 2.48. The number of hydrogen-bond donors (Lipinski definition) is 1. The Kier molecular flexibility index (Phi) is 5.61. The Morgan fingerprint density at radius 2 is 1.94 bits per heavy atom. The Morgan fingerprint density at radius 3 is 2.47 bits per heavy atom. The minimum Gasteiger partial charge on any atom is -0.494 e. The summed E-state index contributed by atoms with van der Waals surface area (Å²) in [5, 5.41) is 0. The molecule has 0 fully saturated rings.